The SMILES string of the molecule is O=C(O)CCCCCCCCCCCCCCCCC(=O)N[C@@H](CCC(=O)CCCOCCOCC(=O)O)C(=O)O. The molecule has 0 aliphatic heterocycles. The van der Waals surface area contributed by atoms with E-state index >= 15 is 0 Å². The van der Waals surface area contributed by atoms with E-state index in [0.29, 0.717) is 19.4 Å². The van der Waals surface area contributed by atoms with Gasteiger partial charge in [-0.05, 0) is 25.7 Å². The summed E-state index contributed by atoms with van der Waals surface area (Å²) in [6, 6.07) is -1.08. The van der Waals surface area contributed by atoms with Crippen LogP contribution in [0, 0.1) is 0 Å². The van der Waals surface area contributed by atoms with E-state index < -0.39 is 23.9 Å². The molecule has 0 aliphatic carbocycles. The fourth-order valence-corrected chi connectivity index (χ4v) is 4.39. The third-order valence-electron chi connectivity index (χ3n) is 6.73. The summed E-state index contributed by atoms with van der Waals surface area (Å²) in [7, 11) is 0. The maximum atomic E-state index is 12.2. The fourth-order valence-electron chi connectivity index (χ4n) is 4.39. The summed E-state index contributed by atoms with van der Waals surface area (Å²) in [6.07, 6.45) is 16.7. The second-order valence-corrected chi connectivity index (χ2v) is 10.5. The first-order valence-corrected chi connectivity index (χ1v) is 15.3. The van der Waals surface area contributed by atoms with Crippen molar-refractivity contribution in [3.8, 4) is 0 Å². The monoisotopic (exact) mass is 587 g/mol. The zero-order valence-electron chi connectivity index (χ0n) is 24.7. The smallest absolute Gasteiger partial charge is 0.329 e. The van der Waals surface area contributed by atoms with Crippen LogP contribution in [0.25, 0.3) is 0 Å². The number of hydrogen-bond donors (Lipinski definition) is 4. The quantitative estimate of drug-likeness (QED) is 0.0795. The van der Waals surface area contributed by atoms with Crippen LogP contribution in [0.3, 0.4) is 0 Å². The standard InChI is InChI=1S/C30H53NO10/c32-25(16-15-21-40-22-23-41-24-29(36)37)19-20-26(30(38)39)31-27(33)17-13-11-9-7-5-3-1-2-4-6-8-10-12-14-18-28(34)35/h26H,1-24H2,(H,31,33)(H,34,35)(H,36,37)(H,38,39)/t26-/m0/s1. The Labute approximate surface area is 244 Å². The van der Waals surface area contributed by atoms with Crippen molar-refractivity contribution >= 4 is 29.6 Å². The summed E-state index contributed by atoms with van der Waals surface area (Å²) in [5.74, 6) is -3.30. The van der Waals surface area contributed by atoms with E-state index in [1.165, 1.54) is 44.9 Å². The Hall–Kier alpha value is -2.53. The summed E-state index contributed by atoms with van der Waals surface area (Å²) in [5, 5.41) is 29.0. The molecule has 0 bridgehead atoms. The second kappa shape index (κ2) is 27.6. The number of carboxylic acid groups (broad SMARTS) is 3. The Kier molecular flexibility index (Phi) is 25.9. The molecule has 1 atom stereocenters. The van der Waals surface area contributed by atoms with Gasteiger partial charge in [0.05, 0.1) is 13.2 Å². The van der Waals surface area contributed by atoms with E-state index in [-0.39, 0.29) is 63.6 Å². The minimum absolute atomic E-state index is 0.0522. The predicted molar refractivity (Wildman–Crippen MR) is 154 cm³/mol. The van der Waals surface area contributed by atoms with Crippen LogP contribution in [0.15, 0.2) is 0 Å². The van der Waals surface area contributed by atoms with E-state index in [1.807, 2.05) is 0 Å². The lowest BCUT2D eigenvalue weighted by Gasteiger charge is -2.14. The summed E-state index contributed by atoms with van der Waals surface area (Å²) in [6.45, 7) is 0.327. The van der Waals surface area contributed by atoms with Gasteiger partial charge in [0.15, 0.2) is 0 Å². The molecule has 0 fully saturated rings. The number of aliphatic carboxylic acids is 3. The van der Waals surface area contributed by atoms with Gasteiger partial charge >= 0.3 is 17.9 Å². The molecule has 41 heavy (non-hydrogen) atoms. The zero-order chi connectivity index (χ0) is 30.6. The number of rotatable bonds is 31. The van der Waals surface area contributed by atoms with Gasteiger partial charge in [-0.1, -0.05) is 77.0 Å². The molecule has 0 saturated heterocycles. The molecule has 0 spiro atoms. The molecule has 11 heteroatoms. The lowest BCUT2D eigenvalue weighted by atomic mass is 10.0. The van der Waals surface area contributed by atoms with E-state index in [9.17, 15) is 29.1 Å². The van der Waals surface area contributed by atoms with Gasteiger partial charge in [-0.15, -0.1) is 0 Å². The molecule has 0 aromatic carbocycles. The van der Waals surface area contributed by atoms with Crippen molar-refractivity contribution in [2.45, 2.75) is 134 Å². The fraction of sp³-hybridized carbons (Fsp3) is 0.833. The highest BCUT2D eigenvalue weighted by atomic mass is 16.5. The third-order valence-corrected chi connectivity index (χ3v) is 6.73. The van der Waals surface area contributed by atoms with Crippen LogP contribution < -0.4 is 5.32 Å². The van der Waals surface area contributed by atoms with Crippen molar-refractivity contribution in [3.63, 3.8) is 0 Å². The summed E-state index contributed by atoms with van der Waals surface area (Å²) < 4.78 is 10.1. The summed E-state index contributed by atoms with van der Waals surface area (Å²) in [5.41, 5.74) is 0. The molecule has 1 amide bonds. The lowest BCUT2D eigenvalue weighted by molar-refractivity contribution is -0.143. The number of carbonyl (C=O) groups excluding carboxylic acids is 2. The first-order valence-electron chi connectivity index (χ1n) is 15.3. The normalized spacial score (nSPS) is 11.7. The predicted octanol–water partition coefficient (Wildman–Crippen LogP) is 5.13. The first-order chi connectivity index (χ1) is 19.7. The number of unbranched alkanes of at least 4 members (excludes halogenated alkanes) is 13. The van der Waals surface area contributed by atoms with Crippen LogP contribution in [0.2, 0.25) is 0 Å². The molecule has 0 aromatic rings. The van der Waals surface area contributed by atoms with Crippen LogP contribution in [0.4, 0.5) is 0 Å². The van der Waals surface area contributed by atoms with E-state index in [4.69, 9.17) is 19.7 Å². The van der Waals surface area contributed by atoms with Crippen molar-refractivity contribution in [3.05, 3.63) is 0 Å². The van der Waals surface area contributed by atoms with Gasteiger partial charge in [0.25, 0.3) is 0 Å². The van der Waals surface area contributed by atoms with Gasteiger partial charge in [0.2, 0.25) is 5.91 Å². The number of ketones is 1. The maximum absolute atomic E-state index is 12.2. The van der Waals surface area contributed by atoms with Crippen molar-refractivity contribution in [2.24, 2.45) is 0 Å². The van der Waals surface area contributed by atoms with Crippen LogP contribution in [-0.4, -0.2) is 77.4 Å². The number of hydrogen-bond acceptors (Lipinski definition) is 7. The number of nitrogens with one attached hydrogen (secondary N) is 1. The maximum Gasteiger partial charge on any atom is 0.329 e. The minimum atomic E-state index is -1.15. The van der Waals surface area contributed by atoms with Crippen LogP contribution in [0.5, 0.6) is 0 Å². The van der Waals surface area contributed by atoms with Gasteiger partial charge < -0.3 is 30.1 Å². The topological polar surface area (TPSA) is 177 Å². The van der Waals surface area contributed by atoms with E-state index in [1.54, 1.807) is 0 Å². The van der Waals surface area contributed by atoms with Gasteiger partial charge in [-0.25, -0.2) is 9.59 Å². The molecule has 0 saturated carbocycles. The largest absolute Gasteiger partial charge is 0.481 e. The second-order valence-electron chi connectivity index (χ2n) is 10.5. The number of amides is 1. The lowest BCUT2D eigenvalue weighted by Crippen LogP contribution is -2.41. The van der Waals surface area contributed by atoms with E-state index in [2.05, 4.69) is 5.32 Å². The number of carboxylic acids is 3. The van der Waals surface area contributed by atoms with Gasteiger partial charge in [0, 0.05) is 32.3 Å². The van der Waals surface area contributed by atoms with Crippen molar-refractivity contribution in [2.75, 3.05) is 26.4 Å². The van der Waals surface area contributed by atoms with Gasteiger partial charge in [0.1, 0.15) is 18.4 Å². The Morgan fingerprint density at radius 3 is 1.49 bits per heavy atom. The molecule has 0 heterocycles. The molecule has 0 radical (unpaired) electrons. The van der Waals surface area contributed by atoms with E-state index in [0.717, 1.165) is 38.5 Å². The average Bonchev–Trinajstić information content (AvgIpc) is 2.91. The Morgan fingerprint density at radius 1 is 0.512 bits per heavy atom. The molecular weight excluding hydrogens is 534 g/mol. The highest BCUT2D eigenvalue weighted by Crippen LogP contribution is 2.14. The minimum Gasteiger partial charge on any atom is -0.481 e. The molecule has 238 valence electrons. The van der Waals surface area contributed by atoms with Crippen molar-refractivity contribution in [1.29, 1.82) is 0 Å². The summed E-state index contributed by atoms with van der Waals surface area (Å²) in [4.78, 5) is 56.5. The number of ether oxygens (including phenoxy) is 2. The van der Waals surface area contributed by atoms with Gasteiger partial charge in [-0.3, -0.25) is 14.4 Å². The van der Waals surface area contributed by atoms with Crippen molar-refractivity contribution in [1.82, 2.24) is 5.32 Å². The Morgan fingerprint density at radius 2 is 1.00 bits per heavy atom. The van der Waals surface area contributed by atoms with Crippen LogP contribution in [-0.2, 0) is 33.4 Å². The first kappa shape index (κ1) is 38.5. The van der Waals surface area contributed by atoms with Crippen LogP contribution in [0.1, 0.15) is 128 Å². The summed E-state index contributed by atoms with van der Waals surface area (Å²) >= 11 is 0. The molecule has 4 N–H and O–H groups in total. The Bertz CT molecular complexity index is 728. The van der Waals surface area contributed by atoms with Gasteiger partial charge in [-0.2, -0.15) is 0 Å². The highest BCUT2D eigenvalue weighted by molar-refractivity contribution is 5.84. The molecule has 0 rings (SSSR count). The van der Waals surface area contributed by atoms with Crippen molar-refractivity contribution < 1.29 is 48.8 Å². The van der Waals surface area contributed by atoms with Crippen LogP contribution >= 0.6 is 0 Å². The Balaban J connectivity index is 3.66. The molecular formula is C30H53NO10. The molecule has 0 unspecified atom stereocenters. The third kappa shape index (κ3) is 28.8. The zero-order valence-corrected chi connectivity index (χ0v) is 24.7. The number of carbonyl (C=O) groups is 5. The molecule has 0 aliphatic rings. The molecule has 11 nitrogen and oxygen atoms in total. The average molecular weight is 588 g/mol. The number of Topliss-reactive ketones (excluding diaryl/α,β-unsaturated/α-hetero) is 1. The highest BCUT2D eigenvalue weighted by Gasteiger charge is 2.20. The molecule has 0 aromatic heterocycles.